The van der Waals surface area contributed by atoms with Crippen molar-refractivity contribution in [3.8, 4) is 11.1 Å². The number of hydrogen-bond donors (Lipinski definition) is 2. The fourth-order valence-electron chi connectivity index (χ4n) is 4.24. The molecule has 7 nitrogen and oxygen atoms in total. The first kappa shape index (κ1) is 26.2. The van der Waals surface area contributed by atoms with Gasteiger partial charge in [-0.15, -0.1) is 0 Å². The zero-order valence-electron chi connectivity index (χ0n) is 20.5. The molecule has 37 heavy (non-hydrogen) atoms. The second kappa shape index (κ2) is 11.9. The molecule has 0 radical (unpaired) electrons. The molecule has 1 aliphatic heterocycles. The summed E-state index contributed by atoms with van der Waals surface area (Å²) in [6.45, 7) is 2.26. The van der Waals surface area contributed by atoms with Crippen LogP contribution in [0.5, 0.6) is 0 Å². The Bertz CT molecular complexity index is 1310. The summed E-state index contributed by atoms with van der Waals surface area (Å²) in [5.74, 6) is -1.54. The number of thioether (sulfide) groups is 1. The third-order valence-corrected chi connectivity index (χ3v) is 7.34. The quantitative estimate of drug-likeness (QED) is 0.361. The van der Waals surface area contributed by atoms with E-state index >= 15 is 0 Å². The van der Waals surface area contributed by atoms with E-state index in [4.69, 9.17) is 0 Å². The van der Waals surface area contributed by atoms with Gasteiger partial charge in [0, 0.05) is 18.7 Å². The van der Waals surface area contributed by atoms with Crippen LogP contribution in [0.3, 0.4) is 0 Å². The maximum absolute atomic E-state index is 12.8. The van der Waals surface area contributed by atoms with Crippen molar-refractivity contribution in [3.63, 3.8) is 0 Å². The minimum absolute atomic E-state index is 0.117. The highest BCUT2D eigenvalue weighted by molar-refractivity contribution is 8.15. The first-order chi connectivity index (χ1) is 17.9. The summed E-state index contributed by atoms with van der Waals surface area (Å²) in [4.78, 5) is 50.7. The van der Waals surface area contributed by atoms with E-state index in [-0.39, 0.29) is 35.6 Å². The second-order valence-electron chi connectivity index (χ2n) is 8.82. The van der Waals surface area contributed by atoms with Gasteiger partial charge in [0.05, 0.1) is 10.8 Å². The molecule has 3 amide bonds. The van der Waals surface area contributed by atoms with Crippen molar-refractivity contribution in [2.24, 2.45) is 0 Å². The molecule has 1 aliphatic rings. The number of carboxylic acid groups (broad SMARTS) is 1. The minimum Gasteiger partial charge on any atom is -0.478 e. The molecular weight excluding hydrogens is 488 g/mol. The molecule has 0 spiro atoms. The van der Waals surface area contributed by atoms with Crippen molar-refractivity contribution in [1.29, 1.82) is 0 Å². The van der Waals surface area contributed by atoms with E-state index in [1.807, 2.05) is 54.6 Å². The summed E-state index contributed by atoms with van der Waals surface area (Å²) in [5.41, 5.74) is 4.10. The van der Waals surface area contributed by atoms with Crippen LogP contribution in [0.1, 0.15) is 41.3 Å². The summed E-state index contributed by atoms with van der Waals surface area (Å²) in [7, 11) is 0. The van der Waals surface area contributed by atoms with Crippen molar-refractivity contribution < 1.29 is 24.3 Å². The number of nitrogens with zero attached hydrogens (tertiary/aromatic N) is 1. The maximum atomic E-state index is 12.8. The van der Waals surface area contributed by atoms with Crippen LogP contribution < -0.4 is 5.32 Å². The van der Waals surface area contributed by atoms with Crippen LogP contribution in [0.4, 0.5) is 10.5 Å². The SMILES string of the molecule is CCc1ccc(CC2SC(=O)N(CCCC(=O)Nc3ccc(C(=O)O)c(-c4ccccc4)c3)C2=O)cc1. The number of carbonyl (C=O) groups excluding carboxylic acids is 3. The van der Waals surface area contributed by atoms with Crippen LogP contribution in [0.15, 0.2) is 72.8 Å². The van der Waals surface area contributed by atoms with Gasteiger partial charge in [-0.25, -0.2) is 4.79 Å². The van der Waals surface area contributed by atoms with E-state index in [1.54, 1.807) is 12.1 Å². The summed E-state index contributed by atoms with van der Waals surface area (Å²) in [6, 6.07) is 21.8. The van der Waals surface area contributed by atoms with Gasteiger partial charge in [-0.2, -0.15) is 0 Å². The van der Waals surface area contributed by atoms with Gasteiger partial charge in [0.25, 0.3) is 5.24 Å². The van der Waals surface area contributed by atoms with Crippen molar-refractivity contribution in [1.82, 2.24) is 4.90 Å². The van der Waals surface area contributed by atoms with Gasteiger partial charge in [-0.3, -0.25) is 19.3 Å². The molecule has 0 aromatic heterocycles. The number of aryl methyl sites for hydroxylation is 1. The van der Waals surface area contributed by atoms with Crippen LogP contribution in [0, 0.1) is 0 Å². The Balaban J connectivity index is 1.31. The zero-order chi connectivity index (χ0) is 26.4. The fourth-order valence-corrected chi connectivity index (χ4v) is 5.30. The van der Waals surface area contributed by atoms with Crippen LogP contribution in [0.25, 0.3) is 11.1 Å². The Hall–Kier alpha value is -3.91. The third kappa shape index (κ3) is 6.46. The number of nitrogens with one attached hydrogen (secondary N) is 1. The van der Waals surface area contributed by atoms with E-state index < -0.39 is 11.2 Å². The number of carboxylic acids is 1. The summed E-state index contributed by atoms with van der Waals surface area (Å²) >= 11 is 1.04. The molecule has 0 aliphatic carbocycles. The van der Waals surface area contributed by atoms with Crippen molar-refractivity contribution in [2.45, 2.75) is 37.9 Å². The monoisotopic (exact) mass is 516 g/mol. The number of carbonyl (C=O) groups is 4. The van der Waals surface area contributed by atoms with Crippen molar-refractivity contribution in [2.75, 3.05) is 11.9 Å². The third-order valence-electron chi connectivity index (χ3n) is 6.26. The number of aromatic carboxylic acids is 1. The largest absolute Gasteiger partial charge is 0.478 e. The predicted octanol–water partition coefficient (Wildman–Crippen LogP) is 5.64. The molecule has 190 valence electrons. The summed E-state index contributed by atoms with van der Waals surface area (Å²) < 4.78 is 0. The van der Waals surface area contributed by atoms with Gasteiger partial charge in [-0.1, -0.05) is 73.3 Å². The van der Waals surface area contributed by atoms with Crippen molar-refractivity contribution >= 4 is 40.5 Å². The Morgan fingerprint density at radius 2 is 1.68 bits per heavy atom. The highest BCUT2D eigenvalue weighted by Crippen LogP contribution is 2.30. The zero-order valence-corrected chi connectivity index (χ0v) is 21.3. The van der Waals surface area contributed by atoms with E-state index in [9.17, 15) is 24.3 Å². The van der Waals surface area contributed by atoms with Gasteiger partial charge >= 0.3 is 5.97 Å². The molecule has 1 fully saturated rings. The molecule has 0 saturated carbocycles. The van der Waals surface area contributed by atoms with Gasteiger partial charge in [0.15, 0.2) is 0 Å². The van der Waals surface area contributed by atoms with Crippen LogP contribution in [-0.4, -0.2) is 44.8 Å². The van der Waals surface area contributed by atoms with Gasteiger partial charge in [0.1, 0.15) is 0 Å². The topological polar surface area (TPSA) is 104 Å². The average molecular weight is 517 g/mol. The highest BCUT2D eigenvalue weighted by atomic mass is 32.2. The Morgan fingerprint density at radius 3 is 2.35 bits per heavy atom. The molecule has 0 bridgehead atoms. The molecule has 3 aromatic rings. The molecule has 1 heterocycles. The molecule has 1 unspecified atom stereocenters. The molecule has 8 heteroatoms. The first-order valence-electron chi connectivity index (χ1n) is 12.2. The number of benzene rings is 3. The highest BCUT2D eigenvalue weighted by Gasteiger charge is 2.39. The number of anilines is 1. The van der Waals surface area contributed by atoms with Crippen molar-refractivity contribution in [3.05, 3.63) is 89.5 Å². The lowest BCUT2D eigenvalue weighted by Crippen LogP contribution is -2.33. The Morgan fingerprint density at radius 1 is 0.973 bits per heavy atom. The second-order valence-corrected chi connectivity index (χ2v) is 9.97. The summed E-state index contributed by atoms with van der Waals surface area (Å²) in [5, 5.41) is 11.6. The van der Waals surface area contributed by atoms with E-state index in [0.717, 1.165) is 29.3 Å². The fraction of sp³-hybridized carbons (Fsp3) is 0.241. The van der Waals surface area contributed by atoms with Gasteiger partial charge < -0.3 is 10.4 Å². The first-order valence-corrected chi connectivity index (χ1v) is 13.1. The molecule has 3 aromatic carbocycles. The molecular formula is C29H28N2O5S. The van der Waals surface area contributed by atoms with Gasteiger partial charge in [-0.05, 0) is 59.7 Å². The van der Waals surface area contributed by atoms with E-state index in [0.29, 0.717) is 24.1 Å². The number of hydrogen-bond acceptors (Lipinski definition) is 5. The number of amides is 3. The molecule has 4 rings (SSSR count). The van der Waals surface area contributed by atoms with Crippen LogP contribution >= 0.6 is 11.8 Å². The molecule has 1 atom stereocenters. The Labute approximate surface area is 219 Å². The predicted molar refractivity (Wildman–Crippen MR) is 145 cm³/mol. The Kier molecular flexibility index (Phi) is 8.40. The average Bonchev–Trinajstić information content (AvgIpc) is 3.16. The van der Waals surface area contributed by atoms with E-state index in [2.05, 4.69) is 12.2 Å². The summed E-state index contributed by atoms with van der Waals surface area (Å²) in [6.07, 6.45) is 1.89. The smallest absolute Gasteiger partial charge is 0.336 e. The standard InChI is InChI=1S/C29H28N2O5S/c1-2-19-10-12-20(13-11-19)17-25-27(33)31(29(36)37-25)16-6-9-26(32)30-22-14-15-23(28(34)35)24(18-22)21-7-4-3-5-8-21/h3-5,7-8,10-15,18,25H,2,6,9,16-17H2,1H3,(H,30,32)(H,34,35). The number of rotatable bonds is 10. The molecule has 1 saturated heterocycles. The lowest BCUT2D eigenvalue weighted by Gasteiger charge is -2.14. The van der Waals surface area contributed by atoms with Crippen LogP contribution in [0.2, 0.25) is 0 Å². The van der Waals surface area contributed by atoms with Crippen LogP contribution in [-0.2, 0) is 22.4 Å². The van der Waals surface area contributed by atoms with E-state index in [1.165, 1.54) is 16.5 Å². The van der Waals surface area contributed by atoms with Gasteiger partial charge in [0.2, 0.25) is 11.8 Å². The number of imide groups is 1. The normalized spacial score (nSPS) is 15.2. The minimum atomic E-state index is -1.05. The lowest BCUT2D eigenvalue weighted by molar-refractivity contribution is -0.127. The lowest BCUT2D eigenvalue weighted by atomic mass is 9.99. The maximum Gasteiger partial charge on any atom is 0.336 e. The molecule has 2 N–H and O–H groups in total.